The first kappa shape index (κ1) is 16.4. The van der Waals surface area contributed by atoms with E-state index in [1.54, 1.807) is 0 Å². The third-order valence-corrected chi connectivity index (χ3v) is 5.10. The molecule has 0 saturated carbocycles. The average Bonchev–Trinajstić information content (AvgIpc) is 2.32. The maximum atomic E-state index is 11.7. The first-order chi connectivity index (χ1) is 8.92. The molecule has 7 heteroatoms. The molecule has 0 aromatic heterocycles. The van der Waals surface area contributed by atoms with Gasteiger partial charge in [0, 0.05) is 26.1 Å². The lowest BCUT2D eigenvalue weighted by Gasteiger charge is -2.25. The second-order valence-electron chi connectivity index (χ2n) is 5.18. The van der Waals surface area contributed by atoms with E-state index in [-0.39, 0.29) is 18.1 Å². The van der Waals surface area contributed by atoms with Gasteiger partial charge in [-0.05, 0) is 39.9 Å². The molecule has 1 aliphatic heterocycles. The Morgan fingerprint density at radius 1 is 1.32 bits per heavy atom. The van der Waals surface area contributed by atoms with Crippen LogP contribution >= 0.6 is 0 Å². The van der Waals surface area contributed by atoms with Gasteiger partial charge in [-0.3, -0.25) is 4.79 Å². The quantitative estimate of drug-likeness (QED) is 0.663. The molecule has 19 heavy (non-hydrogen) atoms. The lowest BCUT2D eigenvalue weighted by Crippen LogP contribution is -2.40. The highest BCUT2D eigenvalue weighted by molar-refractivity contribution is 7.89. The number of carbonyl (C=O) groups excluding carboxylic acids is 1. The molecular formula is C12H25N3O3S. The number of carbonyl (C=O) groups is 1. The van der Waals surface area contributed by atoms with Gasteiger partial charge in [-0.2, -0.15) is 0 Å². The summed E-state index contributed by atoms with van der Waals surface area (Å²) in [7, 11) is 0.869. The minimum Gasteiger partial charge on any atom is -0.356 e. The van der Waals surface area contributed by atoms with Crippen molar-refractivity contribution in [1.82, 2.24) is 14.5 Å². The summed E-state index contributed by atoms with van der Waals surface area (Å²) in [5.41, 5.74) is 0. The van der Waals surface area contributed by atoms with Gasteiger partial charge < -0.3 is 10.2 Å². The van der Waals surface area contributed by atoms with Gasteiger partial charge in [-0.1, -0.05) is 0 Å². The lowest BCUT2D eigenvalue weighted by atomic mass is 10.3. The van der Waals surface area contributed by atoms with Crippen LogP contribution in [0.15, 0.2) is 0 Å². The minimum absolute atomic E-state index is 0.0699. The summed E-state index contributed by atoms with van der Waals surface area (Å²) in [4.78, 5) is 13.7. The SMILES string of the molecule is CN(C)CCCNC(=O)CCN1CCCCS1(=O)=O. The summed E-state index contributed by atoms with van der Waals surface area (Å²) < 4.78 is 24.9. The van der Waals surface area contributed by atoms with Crippen LogP contribution in [0.25, 0.3) is 0 Å². The standard InChI is InChI=1S/C12H25N3O3S/c1-14(2)8-5-7-13-12(16)6-10-15-9-3-4-11-19(15,17)18/h3-11H2,1-2H3,(H,13,16). The highest BCUT2D eigenvalue weighted by Crippen LogP contribution is 2.13. The molecule has 1 amide bonds. The van der Waals surface area contributed by atoms with Crippen molar-refractivity contribution in [2.24, 2.45) is 0 Å². The van der Waals surface area contributed by atoms with E-state index < -0.39 is 10.0 Å². The Morgan fingerprint density at radius 2 is 2.05 bits per heavy atom. The predicted molar refractivity (Wildman–Crippen MR) is 75.4 cm³/mol. The third-order valence-electron chi connectivity index (χ3n) is 3.15. The molecule has 1 rings (SSSR count). The molecule has 0 bridgehead atoms. The van der Waals surface area contributed by atoms with Crippen LogP contribution in [0.2, 0.25) is 0 Å². The first-order valence-corrected chi connectivity index (χ1v) is 8.42. The molecule has 1 heterocycles. The zero-order valence-corrected chi connectivity index (χ0v) is 12.7. The summed E-state index contributed by atoms with van der Waals surface area (Å²) in [6.45, 7) is 2.43. The maximum absolute atomic E-state index is 11.7. The summed E-state index contributed by atoms with van der Waals surface area (Å²) in [6.07, 6.45) is 2.78. The van der Waals surface area contributed by atoms with E-state index in [9.17, 15) is 13.2 Å². The molecule has 0 radical (unpaired) electrons. The number of amides is 1. The van der Waals surface area contributed by atoms with Crippen LogP contribution in [0.1, 0.15) is 25.7 Å². The van der Waals surface area contributed by atoms with Crippen molar-refractivity contribution in [2.75, 3.05) is 46.0 Å². The Labute approximate surface area is 116 Å². The van der Waals surface area contributed by atoms with Gasteiger partial charge in [-0.15, -0.1) is 0 Å². The van der Waals surface area contributed by atoms with Gasteiger partial charge in [0.2, 0.25) is 15.9 Å². The maximum Gasteiger partial charge on any atom is 0.221 e. The van der Waals surface area contributed by atoms with E-state index in [0.717, 1.165) is 25.8 Å². The highest BCUT2D eigenvalue weighted by Gasteiger charge is 2.25. The molecule has 0 unspecified atom stereocenters. The zero-order valence-electron chi connectivity index (χ0n) is 11.9. The van der Waals surface area contributed by atoms with Crippen LogP contribution in [0.5, 0.6) is 0 Å². The zero-order chi connectivity index (χ0) is 14.3. The number of hydrogen-bond donors (Lipinski definition) is 1. The summed E-state index contributed by atoms with van der Waals surface area (Å²) >= 11 is 0. The Hall–Kier alpha value is -0.660. The Kier molecular flexibility index (Phi) is 6.74. The van der Waals surface area contributed by atoms with E-state index in [1.807, 2.05) is 14.1 Å². The van der Waals surface area contributed by atoms with E-state index in [2.05, 4.69) is 10.2 Å². The number of sulfonamides is 1. The fourth-order valence-corrected chi connectivity index (χ4v) is 3.63. The van der Waals surface area contributed by atoms with Crippen LogP contribution in [0.4, 0.5) is 0 Å². The molecule has 0 atom stereocenters. The van der Waals surface area contributed by atoms with Crippen molar-refractivity contribution in [2.45, 2.75) is 25.7 Å². The Balaban J connectivity index is 2.19. The van der Waals surface area contributed by atoms with Crippen molar-refractivity contribution >= 4 is 15.9 Å². The predicted octanol–water partition coefficient (Wildman–Crippen LogP) is -0.130. The number of nitrogens with zero attached hydrogens (tertiary/aromatic N) is 2. The number of nitrogens with one attached hydrogen (secondary N) is 1. The molecular weight excluding hydrogens is 266 g/mol. The van der Waals surface area contributed by atoms with Gasteiger partial charge >= 0.3 is 0 Å². The number of hydrogen-bond acceptors (Lipinski definition) is 4. The molecule has 0 aliphatic carbocycles. The van der Waals surface area contributed by atoms with Crippen LogP contribution in [-0.4, -0.2) is 69.6 Å². The second kappa shape index (κ2) is 7.81. The molecule has 6 nitrogen and oxygen atoms in total. The van der Waals surface area contributed by atoms with Crippen molar-refractivity contribution in [1.29, 1.82) is 0 Å². The fraction of sp³-hybridized carbons (Fsp3) is 0.917. The van der Waals surface area contributed by atoms with Crippen molar-refractivity contribution in [3.63, 3.8) is 0 Å². The molecule has 112 valence electrons. The molecule has 0 aromatic carbocycles. The Bertz CT molecular complexity index is 382. The molecule has 1 fully saturated rings. The topological polar surface area (TPSA) is 69.7 Å². The van der Waals surface area contributed by atoms with Crippen molar-refractivity contribution in [3.8, 4) is 0 Å². The average molecular weight is 291 g/mol. The van der Waals surface area contributed by atoms with Crippen LogP contribution < -0.4 is 5.32 Å². The van der Waals surface area contributed by atoms with E-state index in [0.29, 0.717) is 19.6 Å². The molecule has 0 spiro atoms. The summed E-state index contributed by atoms with van der Waals surface area (Å²) in [5, 5.41) is 2.82. The summed E-state index contributed by atoms with van der Waals surface area (Å²) in [6, 6.07) is 0. The normalized spacial score (nSPS) is 19.5. The van der Waals surface area contributed by atoms with E-state index in [1.165, 1.54) is 4.31 Å². The smallest absolute Gasteiger partial charge is 0.221 e. The third kappa shape index (κ3) is 6.35. The van der Waals surface area contributed by atoms with Crippen molar-refractivity contribution in [3.05, 3.63) is 0 Å². The van der Waals surface area contributed by atoms with E-state index in [4.69, 9.17) is 0 Å². The van der Waals surface area contributed by atoms with E-state index >= 15 is 0 Å². The molecule has 1 N–H and O–H groups in total. The fourth-order valence-electron chi connectivity index (χ4n) is 2.03. The largest absolute Gasteiger partial charge is 0.356 e. The summed E-state index contributed by atoms with van der Waals surface area (Å²) in [5.74, 6) is 0.150. The van der Waals surface area contributed by atoms with Gasteiger partial charge in [0.25, 0.3) is 0 Å². The van der Waals surface area contributed by atoms with Gasteiger partial charge in [0.1, 0.15) is 0 Å². The molecule has 1 saturated heterocycles. The van der Waals surface area contributed by atoms with Crippen LogP contribution in [-0.2, 0) is 14.8 Å². The highest BCUT2D eigenvalue weighted by atomic mass is 32.2. The molecule has 0 aromatic rings. The van der Waals surface area contributed by atoms with Gasteiger partial charge in [-0.25, -0.2) is 12.7 Å². The lowest BCUT2D eigenvalue weighted by molar-refractivity contribution is -0.121. The van der Waals surface area contributed by atoms with Gasteiger partial charge in [0.05, 0.1) is 5.75 Å². The van der Waals surface area contributed by atoms with Crippen LogP contribution in [0, 0.1) is 0 Å². The minimum atomic E-state index is -3.11. The Morgan fingerprint density at radius 3 is 2.68 bits per heavy atom. The second-order valence-corrected chi connectivity index (χ2v) is 7.27. The van der Waals surface area contributed by atoms with Crippen LogP contribution in [0.3, 0.4) is 0 Å². The molecule has 1 aliphatic rings. The van der Waals surface area contributed by atoms with Crippen molar-refractivity contribution < 1.29 is 13.2 Å². The monoisotopic (exact) mass is 291 g/mol. The first-order valence-electron chi connectivity index (χ1n) is 6.81. The number of rotatable bonds is 7. The van der Waals surface area contributed by atoms with Gasteiger partial charge in [0.15, 0.2) is 0 Å².